The molecule has 0 aliphatic heterocycles. The molecular weight excluding hydrogens is 296 g/mol. The summed E-state index contributed by atoms with van der Waals surface area (Å²) in [4.78, 5) is 11.0. The summed E-state index contributed by atoms with van der Waals surface area (Å²) in [6.07, 6.45) is 2.03. The van der Waals surface area contributed by atoms with Gasteiger partial charge in [-0.25, -0.2) is 4.79 Å². The highest BCUT2D eigenvalue weighted by molar-refractivity contribution is 5.87. The Morgan fingerprint density at radius 1 is 0.833 bits per heavy atom. The van der Waals surface area contributed by atoms with E-state index in [1.54, 1.807) is 12.1 Å². The monoisotopic (exact) mass is 324 g/mol. The Kier molecular flexibility index (Phi) is 5.17. The number of aromatic carboxylic acids is 1. The van der Waals surface area contributed by atoms with Crippen molar-refractivity contribution in [1.82, 2.24) is 0 Å². The molecule has 0 saturated carbocycles. The largest absolute Gasteiger partial charge is 0.478 e. The number of hydrogen-bond donors (Lipinski definition) is 1. The second-order valence-electron chi connectivity index (χ2n) is 8.21. The zero-order valence-corrected chi connectivity index (χ0v) is 15.4. The number of carbonyl (C=O) groups is 1. The van der Waals surface area contributed by atoms with Gasteiger partial charge in [0.05, 0.1) is 5.56 Å². The van der Waals surface area contributed by atoms with Gasteiger partial charge in [0.15, 0.2) is 0 Å². The Bertz CT molecular complexity index is 686. The highest BCUT2D eigenvalue weighted by atomic mass is 16.4. The summed E-state index contributed by atoms with van der Waals surface area (Å²) < 4.78 is 0. The van der Waals surface area contributed by atoms with Crippen molar-refractivity contribution in [2.75, 3.05) is 0 Å². The van der Waals surface area contributed by atoms with Crippen LogP contribution in [0, 0.1) is 0 Å². The van der Waals surface area contributed by atoms with Crippen LogP contribution in [0.4, 0.5) is 0 Å². The van der Waals surface area contributed by atoms with E-state index in [4.69, 9.17) is 5.11 Å². The third kappa shape index (κ3) is 4.47. The normalized spacial score (nSPS) is 12.2. The minimum Gasteiger partial charge on any atom is -0.478 e. The lowest BCUT2D eigenvalue weighted by Gasteiger charge is -2.26. The second-order valence-corrected chi connectivity index (χ2v) is 8.21. The molecule has 2 aromatic carbocycles. The van der Waals surface area contributed by atoms with Crippen molar-refractivity contribution >= 4 is 5.97 Å². The van der Waals surface area contributed by atoms with Crippen LogP contribution in [0.5, 0.6) is 0 Å². The van der Waals surface area contributed by atoms with Crippen molar-refractivity contribution in [2.45, 2.75) is 58.3 Å². The average molecular weight is 324 g/mol. The Balaban J connectivity index is 2.05. The van der Waals surface area contributed by atoms with Gasteiger partial charge in [-0.1, -0.05) is 71.0 Å². The first-order valence-corrected chi connectivity index (χ1v) is 8.53. The molecule has 2 heteroatoms. The van der Waals surface area contributed by atoms with Crippen LogP contribution in [0.1, 0.15) is 68.1 Å². The zero-order chi connectivity index (χ0) is 18.0. The smallest absolute Gasteiger partial charge is 0.335 e. The van der Waals surface area contributed by atoms with E-state index in [2.05, 4.69) is 58.9 Å². The predicted octanol–water partition coefficient (Wildman–Crippen LogP) is 5.59. The van der Waals surface area contributed by atoms with Crippen LogP contribution in [-0.2, 0) is 17.3 Å². The van der Waals surface area contributed by atoms with Gasteiger partial charge in [-0.05, 0) is 52.5 Å². The summed E-state index contributed by atoms with van der Waals surface area (Å²) in [6, 6.07) is 16.2. The van der Waals surface area contributed by atoms with Crippen LogP contribution < -0.4 is 0 Å². The van der Waals surface area contributed by atoms with E-state index in [9.17, 15) is 4.79 Å². The van der Waals surface area contributed by atoms with Crippen LogP contribution in [0.15, 0.2) is 48.5 Å². The average Bonchev–Trinajstić information content (AvgIpc) is 2.52. The van der Waals surface area contributed by atoms with Crippen molar-refractivity contribution in [1.29, 1.82) is 0 Å². The van der Waals surface area contributed by atoms with Gasteiger partial charge in [0, 0.05) is 0 Å². The fourth-order valence-electron chi connectivity index (χ4n) is 2.84. The van der Waals surface area contributed by atoms with E-state index in [1.165, 1.54) is 16.7 Å². The molecule has 0 spiro atoms. The van der Waals surface area contributed by atoms with Crippen molar-refractivity contribution in [3.05, 3.63) is 70.8 Å². The van der Waals surface area contributed by atoms with Crippen LogP contribution in [-0.4, -0.2) is 11.1 Å². The van der Waals surface area contributed by atoms with Gasteiger partial charge < -0.3 is 5.11 Å². The highest BCUT2D eigenvalue weighted by Crippen LogP contribution is 2.29. The first-order valence-electron chi connectivity index (χ1n) is 8.53. The third-order valence-corrected chi connectivity index (χ3v) is 4.77. The first kappa shape index (κ1) is 18.3. The summed E-state index contributed by atoms with van der Waals surface area (Å²) in [5.41, 5.74) is 4.42. The maximum Gasteiger partial charge on any atom is 0.335 e. The van der Waals surface area contributed by atoms with Crippen molar-refractivity contribution < 1.29 is 9.90 Å². The Morgan fingerprint density at radius 2 is 1.33 bits per heavy atom. The number of aryl methyl sites for hydroxylation is 1. The molecule has 128 valence electrons. The van der Waals surface area contributed by atoms with E-state index in [-0.39, 0.29) is 10.8 Å². The fourth-order valence-corrected chi connectivity index (χ4v) is 2.84. The molecule has 2 nitrogen and oxygen atoms in total. The standard InChI is InChI=1S/C22H28O2/c1-21(2,3)18-10-6-16(7-11-18)14-15-22(4,5)19-12-8-17(9-13-19)20(23)24/h6-13H,14-15H2,1-5H3,(H,23,24). The van der Waals surface area contributed by atoms with Crippen LogP contribution in [0.2, 0.25) is 0 Å². The molecular formula is C22H28O2. The fraction of sp³-hybridized carbons (Fsp3) is 0.409. The third-order valence-electron chi connectivity index (χ3n) is 4.77. The first-order chi connectivity index (χ1) is 11.1. The molecule has 0 bridgehead atoms. The number of rotatable bonds is 5. The van der Waals surface area contributed by atoms with Gasteiger partial charge in [-0.3, -0.25) is 0 Å². The minimum absolute atomic E-state index is 0.0136. The summed E-state index contributed by atoms with van der Waals surface area (Å²) in [7, 11) is 0. The van der Waals surface area contributed by atoms with Gasteiger partial charge in [0.25, 0.3) is 0 Å². The molecule has 0 saturated heterocycles. The lowest BCUT2D eigenvalue weighted by Crippen LogP contribution is -2.18. The Labute approximate surface area is 145 Å². The number of benzene rings is 2. The Morgan fingerprint density at radius 3 is 1.79 bits per heavy atom. The molecule has 1 N–H and O–H groups in total. The van der Waals surface area contributed by atoms with Crippen molar-refractivity contribution in [3.8, 4) is 0 Å². The molecule has 24 heavy (non-hydrogen) atoms. The molecule has 2 aromatic rings. The van der Waals surface area contributed by atoms with Crippen molar-refractivity contribution in [2.24, 2.45) is 0 Å². The topological polar surface area (TPSA) is 37.3 Å². The molecule has 0 heterocycles. The molecule has 2 rings (SSSR count). The number of hydrogen-bond acceptors (Lipinski definition) is 1. The second kappa shape index (κ2) is 6.80. The van der Waals surface area contributed by atoms with Gasteiger partial charge >= 0.3 is 5.97 Å². The zero-order valence-electron chi connectivity index (χ0n) is 15.4. The number of carboxylic acid groups (broad SMARTS) is 1. The van der Waals surface area contributed by atoms with Crippen molar-refractivity contribution in [3.63, 3.8) is 0 Å². The van der Waals surface area contributed by atoms with Gasteiger partial charge in [0.1, 0.15) is 0 Å². The quantitative estimate of drug-likeness (QED) is 0.778. The van der Waals surface area contributed by atoms with E-state index in [1.807, 2.05) is 12.1 Å². The van der Waals surface area contributed by atoms with E-state index in [0.717, 1.165) is 12.8 Å². The van der Waals surface area contributed by atoms with Gasteiger partial charge in [-0.15, -0.1) is 0 Å². The van der Waals surface area contributed by atoms with E-state index < -0.39 is 5.97 Å². The molecule has 0 radical (unpaired) electrons. The molecule has 0 unspecified atom stereocenters. The summed E-state index contributed by atoms with van der Waals surface area (Å²) in [6.45, 7) is 11.1. The molecule has 0 atom stereocenters. The summed E-state index contributed by atoms with van der Waals surface area (Å²) in [5.74, 6) is -0.877. The molecule has 0 aliphatic rings. The Hall–Kier alpha value is -2.09. The maximum absolute atomic E-state index is 11.0. The number of carboxylic acids is 1. The molecule has 0 aromatic heterocycles. The van der Waals surface area contributed by atoms with Crippen LogP contribution >= 0.6 is 0 Å². The molecule has 0 fully saturated rings. The SMILES string of the molecule is CC(C)(C)c1ccc(CCC(C)(C)c2ccc(C(=O)O)cc2)cc1. The van der Waals surface area contributed by atoms with Crippen LogP contribution in [0.25, 0.3) is 0 Å². The molecule has 0 amide bonds. The lowest BCUT2D eigenvalue weighted by molar-refractivity contribution is 0.0697. The van der Waals surface area contributed by atoms with Gasteiger partial charge in [0.2, 0.25) is 0 Å². The lowest BCUT2D eigenvalue weighted by atomic mass is 9.79. The van der Waals surface area contributed by atoms with E-state index in [0.29, 0.717) is 5.56 Å². The van der Waals surface area contributed by atoms with Crippen LogP contribution in [0.3, 0.4) is 0 Å². The predicted molar refractivity (Wildman–Crippen MR) is 99.9 cm³/mol. The van der Waals surface area contributed by atoms with Gasteiger partial charge in [-0.2, -0.15) is 0 Å². The summed E-state index contributed by atoms with van der Waals surface area (Å²) in [5, 5.41) is 9.01. The maximum atomic E-state index is 11.0. The van der Waals surface area contributed by atoms with E-state index >= 15 is 0 Å². The molecule has 0 aliphatic carbocycles. The minimum atomic E-state index is -0.877. The highest BCUT2D eigenvalue weighted by Gasteiger charge is 2.21. The summed E-state index contributed by atoms with van der Waals surface area (Å²) >= 11 is 0.